The van der Waals surface area contributed by atoms with Gasteiger partial charge in [0.1, 0.15) is 5.75 Å². The lowest BCUT2D eigenvalue weighted by molar-refractivity contribution is -0.119. The number of nitrogens with one attached hydrogen (secondary N) is 1. The van der Waals surface area contributed by atoms with Gasteiger partial charge in [-0.2, -0.15) is 0 Å². The Morgan fingerprint density at radius 2 is 1.75 bits per heavy atom. The molecular formula is C27H25Cl2N3O4. The molecule has 36 heavy (non-hydrogen) atoms. The van der Waals surface area contributed by atoms with Crippen molar-refractivity contribution in [3.8, 4) is 5.75 Å². The summed E-state index contributed by atoms with van der Waals surface area (Å²) in [6.07, 6.45) is 1.07. The van der Waals surface area contributed by atoms with E-state index in [9.17, 15) is 14.4 Å². The molecule has 186 valence electrons. The summed E-state index contributed by atoms with van der Waals surface area (Å²) < 4.78 is 5.52. The number of nitrogens with two attached hydrogens (primary N) is 1. The number of benzene rings is 3. The molecule has 1 heterocycles. The summed E-state index contributed by atoms with van der Waals surface area (Å²) in [5.41, 5.74) is 7.96. The Balaban J connectivity index is 1.69. The van der Waals surface area contributed by atoms with Crippen LogP contribution in [0.1, 0.15) is 52.0 Å². The van der Waals surface area contributed by atoms with E-state index in [2.05, 4.69) is 5.32 Å². The van der Waals surface area contributed by atoms with Crippen LogP contribution in [0.2, 0.25) is 10.0 Å². The molecule has 1 aliphatic rings. The molecule has 0 fully saturated rings. The largest absolute Gasteiger partial charge is 0.496 e. The molecule has 3 amide bonds. The van der Waals surface area contributed by atoms with Crippen molar-refractivity contribution in [1.82, 2.24) is 0 Å². The van der Waals surface area contributed by atoms with Gasteiger partial charge in [0.15, 0.2) is 0 Å². The molecule has 9 heteroatoms. The summed E-state index contributed by atoms with van der Waals surface area (Å²) in [5.74, 6) is -1.42. The zero-order valence-corrected chi connectivity index (χ0v) is 21.3. The fraction of sp³-hybridized carbons (Fsp3) is 0.222. The van der Waals surface area contributed by atoms with Gasteiger partial charge >= 0.3 is 0 Å². The van der Waals surface area contributed by atoms with Crippen molar-refractivity contribution < 1.29 is 19.1 Å². The van der Waals surface area contributed by atoms with Crippen molar-refractivity contribution in [3.05, 3.63) is 87.4 Å². The maximum atomic E-state index is 13.9. The second kappa shape index (κ2) is 10.6. The van der Waals surface area contributed by atoms with E-state index < -0.39 is 11.8 Å². The lowest BCUT2D eigenvalue weighted by Crippen LogP contribution is -2.38. The Labute approximate surface area is 219 Å². The molecule has 2 atom stereocenters. The molecule has 3 aromatic carbocycles. The third-order valence-electron chi connectivity index (χ3n) is 6.31. The maximum Gasteiger partial charge on any atom is 0.262 e. The number of halogens is 2. The molecule has 1 aliphatic heterocycles. The van der Waals surface area contributed by atoms with Crippen LogP contribution < -0.4 is 20.7 Å². The summed E-state index contributed by atoms with van der Waals surface area (Å²) in [5, 5.41) is 3.57. The summed E-state index contributed by atoms with van der Waals surface area (Å²) in [6.45, 7) is 1.92. The van der Waals surface area contributed by atoms with Crippen molar-refractivity contribution in [3.63, 3.8) is 0 Å². The average molecular weight is 526 g/mol. The van der Waals surface area contributed by atoms with E-state index in [-0.39, 0.29) is 23.6 Å². The highest BCUT2D eigenvalue weighted by Gasteiger charge is 2.34. The number of primary amides is 1. The molecular weight excluding hydrogens is 501 g/mol. The molecule has 0 aromatic heterocycles. The zero-order valence-electron chi connectivity index (χ0n) is 19.8. The summed E-state index contributed by atoms with van der Waals surface area (Å²) in [4.78, 5) is 40.4. The Morgan fingerprint density at radius 3 is 2.44 bits per heavy atom. The van der Waals surface area contributed by atoms with Crippen molar-refractivity contribution in [2.24, 2.45) is 5.73 Å². The van der Waals surface area contributed by atoms with Gasteiger partial charge in [0, 0.05) is 28.5 Å². The first kappa shape index (κ1) is 25.5. The molecule has 2 unspecified atom stereocenters. The van der Waals surface area contributed by atoms with Gasteiger partial charge in [-0.15, -0.1) is 0 Å². The lowest BCUT2D eigenvalue weighted by Gasteiger charge is -2.29. The highest BCUT2D eigenvalue weighted by atomic mass is 35.5. The molecule has 4 rings (SSSR count). The molecule has 0 spiro atoms. The van der Waals surface area contributed by atoms with E-state index in [4.69, 9.17) is 33.7 Å². The molecule has 0 bridgehead atoms. The molecule has 0 aliphatic carbocycles. The fourth-order valence-corrected chi connectivity index (χ4v) is 4.88. The van der Waals surface area contributed by atoms with Crippen LogP contribution in [0, 0.1) is 0 Å². The number of fused-ring (bicyclic) bond motifs is 1. The van der Waals surface area contributed by atoms with Crippen LogP contribution in [0.15, 0.2) is 60.7 Å². The van der Waals surface area contributed by atoms with Gasteiger partial charge < -0.3 is 20.7 Å². The van der Waals surface area contributed by atoms with E-state index in [1.54, 1.807) is 65.6 Å². The van der Waals surface area contributed by atoms with Crippen LogP contribution in [0.3, 0.4) is 0 Å². The zero-order chi connectivity index (χ0) is 26.0. The molecule has 7 nitrogen and oxygen atoms in total. The minimum Gasteiger partial charge on any atom is -0.496 e. The maximum absolute atomic E-state index is 13.9. The van der Waals surface area contributed by atoms with Crippen LogP contribution in [0.5, 0.6) is 5.75 Å². The lowest BCUT2D eigenvalue weighted by atomic mass is 9.93. The summed E-state index contributed by atoms with van der Waals surface area (Å²) in [6, 6.07) is 16.4. The number of hydrogen-bond donors (Lipinski definition) is 2. The standard InChI is InChI=1S/C27H25Cl2N3O4/c1-15-7-10-18(25(30)33)21-13-16(28)8-12-23(21)32(15)27(35)20-11-9-17(14-24(20)36-2)31-26(34)19-5-3-4-6-22(19)29/h3-6,8-9,11-15,18H,7,10H2,1-2H3,(H2,30,33)(H,31,34). The average Bonchev–Trinajstić information content (AvgIpc) is 2.99. The Hall–Kier alpha value is -3.55. The van der Waals surface area contributed by atoms with E-state index in [0.717, 1.165) is 0 Å². The van der Waals surface area contributed by atoms with Gasteiger partial charge in [-0.05, 0) is 67.8 Å². The number of carbonyl (C=O) groups is 3. The minimum absolute atomic E-state index is 0.217. The van der Waals surface area contributed by atoms with E-state index >= 15 is 0 Å². The molecule has 3 aromatic rings. The van der Waals surface area contributed by atoms with Crippen molar-refractivity contribution in [1.29, 1.82) is 0 Å². The Kier molecular flexibility index (Phi) is 7.52. The van der Waals surface area contributed by atoms with Crippen LogP contribution in [-0.4, -0.2) is 30.9 Å². The number of nitrogens with zero attached hydrogens (tertiary/aromatic N) is 1. The van der Waals surface area contributed by atoms with Gasteiger partial charge in [0.2, 0.25) is 5.91 Å². The number of hydrogen-bond acceptors (Lipinski definition) is 4. The predicted molar refractivity (Wildman–Crippen MR) is 141 cm³/mol. The van der Waals surface area contributed by atoms with Crippen molar-refractivity contribution in [2.45, 2.75) is 31.7 Å². The Morgan fingerprint density at radius 1 is 1.00 bits per heavy atom. The first-order valence-electron chi connectivity index (χ1n) is 11.4. The second-order valence-electron chi connectivity index (χ2n) is 8.61. The second-order valence-corrected chi connectivity index (χ2v) is 9.45. The van der Waals surface area contributed by atoms with Crippen LogP contribution in [-0.2, 0) is 4.79 Å². The smallest absolute Gasteiger partial charge is 0.262 e. The van der Waals surface area contributed by atoms with E-state index in [0.29, 0.717) is 51.0 Å². The molecule has 3 N–H and O–H groups in total. The normalized spacial score (nSPS) is 17.1. The fourth-order valence-electron chi connectivity index (χ4n) is 4.48. The Bertz CT molecular complexity index is 1340. The molecule has 0 radical (unpaired) electrons. The van der Waals surface area contributed by atoms with Gasteiger partial charge in [0.25, 0.3) is 11.8 Å². The van der Waals surface area contributed by atoms with Gasteiger partial charge in [-0.1, -0.05) is 35.3 Å². The van der Waals surface area contributed by atoms with Gasteiger partial charge in [-0.25, -0.2) is 0 Å². The number of anilines is 2. The van der Waals surface area contributed by atoms with Crippen LogP contribution >= 0.6 is 23.2 Å². The third-order valence-corrected chi connectivity index (χ3v) is 6.87. The van der Waals surface area contributed by atoms with Crippen LogP contribution in [0.25, 0.3) is 0 Å². The molecule has 0 saturated heterocycles. The predicted octanol–water partition coefficient (Wildman–Crippen LogP) is 5.65. The third kappa shape index (κ3) is 5.03. The number of methoxy groups -OCH3 is 1. The van der Waals surface area contributed by atoms with E-state index in [1.807, 2.05) is 6.92 Å². The first-order valence-corrected chi connectivity index (χ1v) is 12.1. The molecule has 0 saturated carbocycles. The first-order chi connectivity index (χ1) is 17.2. The summed E-state index contributed by atoms with van der Waals surface area (Å²) >= 11 is 12.4. The van der Waals surface area contributed by atoms with Crippen molar-refractivity contribution >= 4 is 52.3 Å². The number of amides is 3. The topological polar surface area (TPSA) is 102 Å². The highest BCUT2D eigenvalue weighted by Crippen LogP contribution is 2.40. The summed E-state index contributed by atoms with van der Waals surface area (Å²) in [7, 11) is 1.45. The minimum atomic E-state index is -0.553. The number of ether oxygens (including phenoxy) is 1. The van der Waals surface area contributed by atoms with Gasteiger partial charge in [-0.3, -0.25) is 14.4 Å². The van der Waals surface area contributed by atoms with Gasteiger partial charge in [0.05, 0.1) is 29.2 Å². The van der Waals surface area contributed by atoms with E-state index in [1.165, 1.54) is 7.11 Å². The monoisotopic (exact) mass is 525 g/mol. The number of rotatable bonds is 5. The quantitative estimate of drug-likeness (QED) is 0.449. The SMILES string of the molecule is COc1cc(NC(=O)c2ccccc2Cl)ccc1C(=O)N1c2ccc(Cl)cc2C(C(N)=O)CCC1C. The van der Waals surface area contributed by atoms with Crippen molar-refractivity contribution in [2.75, 3.05) is 17.3 Å². The number of carbonyl (C=O) groups excluding carboxylic acids is 3. The van der Waals surface area contributed by atoms with Crippen LogP contribution in [0.4, 0.5) is 11.4 Å². The highest BCUT2D eigenvalue weighted by molar-refractivity contribution is 6.34.